The third-order valence-electron chi connectivity index (χ3n) is 3.28. The van der Waals surface area contributed by atoms with Gasteiger partial charge < -0.3 is 10.2 Å². The number of nitrogens with one attached hydrogen (secondary N) is 1. The molecule has 116 valence electrons. The summed E-state index contributed by atoms with van der Waals surface area (Å²) in [6, 6.07) is 7.26. The van der Waals surface area contributed by atoms with Crippen molar-refractivity contribution in [2.45, 2.75) is 13.5 Å². The van der Waals surface area contributed by atoms with Crippen molar-refractivity contribution in [3.8, 4) is 0 Å². The van der Waals surface area contributed by atoms with E-state index in [1.807, 2.05) is 32.3 Å². The highest BCUT2D eigenvalue weighted by Gasteiger charge is 2.12. The van der Waals surface area contributed by atoms with E-state index >= 15 is 0 Å². The van der Waals surface area contributed by atoms with Gasteiger partial charge >= 0.3 is 0 Å². The third-order valence-corrected chi connectivity index (χ3v) is 3.28. The lowest BCUT2D eigenvalue weighted by molar-refractivity contribution is -0.129. The lowest BCUT2D eigenvalue weighted by Crippen LogP contribution is -2.37. The van der Waals surface area contributed by atoms with Crippen molar-refractivity contribution in [3.05, 3.63) is 53.3 Å². The summed E-state index contributed by atoms with van der Waals surface area (Å²) >= 11 is 0. The summed E-state index contributed by atoms with van der Waals surface area (Å²) in [4.78, 5) is 25.6. The van der Waals surface area contributed by atoms with Crippen LogP contribution in [-0.2, 0) is 18.4 Å². The number of hydrogen-bond donors (Lipinski definition) is 1. The van der Waals surface area contributed by atoms with Gasteiger partial charge in [-0.25, -0.2) is 0 Å². The van der Waals surface area contributed by atoms with Crippen molar-refractivity contribution in [2.75, 3.05) is 13.6 Å². The Balaban J connectivity index is 1.85. The number of amides is 2. The summed E-state index contributed by atoms with van der Waals surface area (Å²) in [6.45, 7) is 2.36. The van der Waals surface area contributed by atoms with E-state index in [0.717, 1.165) is 11.1 Å². The molecular weight excluding hydrogens is 280 g/mol. The molecular formula is C16H20N4O2. The van der Waals surface area contributed by atoms with Crippen LogP contribution in [0.25, 0.3) is 0 Å². The molecule has 1 N–H and O–H groups in total. The lowest BCUT2D eigenvalue weighted by Gasteiger charge is -2.16. The molecule has 0 aliphatic carbocycles. The largest absolute Gasteiger partial charge is 0.343 e. The zero-order valence-corrected chi connectivity index (χ0v) is 13.0. The topological polar surface area (TPSA) is 67.2 Å². The Labute approximate surface area is 129 Å². The minimum absolute atomic E-state index is 0.0243. The summed E-state index contributed by atoms with van der Waals surface area (Å²) in [5, 5.41) is 6.71. The molecule has 0 radical (unpaired) electrons. The van der Waals surface area contributed by atoms with Gasteiger partial charge in [0.1, 0.15) is 0 Å². The minimum atomic E-state index is -0.244. The number of nitrogens with zero attached hydrogens (tertiary/aromatic N) is 3. The summed E-state index contributed by atoms with van der Waals surface area (Å²) in [5.41, 5.74) is 2.51. The van der Waals surface area contributed by atoms with E-state index < -0.39 is 0 Å². The van der Waals surface area contributed by atoms with Crippen LogP contribution in [0.15, 0.2) is 36.7 Å². The van der Waals surface area contributed by atoms with Crippen molar-refractivity contribution in [2.24, 2.45) is 7.05 Å². The molecule has 2 amide bonds. The first kappa shape index (κ1) is 15.8. The highest BCUT2D eigenvalue weighted by molar-refractivity contribution is 5.96. The van der Waals surface area contributed by atoms with Gasteiger partial charge in [0.15, 0.2) is 0 Å². The fourth-order valence-corrected chi connectivity index (χ4v) is 2.09. The predicted octanol–water partition coefficient (Wildman–Crippen LogP) is 1.12. The molecule has 0 aliphatic rings. The number of carbonyl (C=O) groups is 2. The maximum Gasteiger partial charge on any atom is 0.251 e. The van der Waals surface area contributed by atoms with Crippen LogP contribution in [0.1, 0.15) is 21.5 Å². The summed E-state index contributed by atoms with van der Waals surface area (Å²) in [5.74, 6) is -0.392. The number of aromatic nitrogens is 2. The van der Waals surface area contributed by atoms with Crippen LogP contribution in [0.5, 0.6) is 0 Å². The second kappa shape index (κ2) is 6.89. The SMILES string of the molecule is Cc1cccc(C(=O)NCC(=O)N(C)Cc2cnn(C)c2)c1. The van der Waals surface area contributed by atoms with Gasteiger partial charge in [-0.05, 0) is 19.1 Å². The zero-order valence-electron chi connectivity index (χ0n) is 13.0. The third kappa shape index (κ3) is 4.18. The molecule has 2 rings (SSSR count). The Hall–Kier alpha value is -2.63. The molecule has 0 aliphatic heterocycles. The Morgan fingerprint density at radius 1 is 1.36 bits per heavy atom. The number of carbonyl (C=O) groups excluding carboxylic acids is 2. The smallest absolute Gasteiger partial charge is 0.251 e. The van der Waals surface area contributed by atoms with Gasteiger partial charge in [-0.2, -0.15) is 5.10 Å². The highest BCUT2D eigenvalue weighted by atomic mass is 16.2. The Morgan fingerprint density at radius 3 is 2.77 bits per heavy atom. The summed E-state index contributed by atoms with van der Waals surface area (Å²) in [7, 11) is 3.53. The number of hydrogen-bond acceptors (Lipinski definition) is 3. The van der Waals surface area contributed by atoms with Gasteiger partial charge in [0, 0.05) is 38.0 Å². The molecule has 6 heteroatoms. The molecule has 0 bridgehead atoms. The normalized spacial score (nSPS) is 10.3. The van der Waals surface area contributed by atoms with Crippen molar-refractivity contribution in [3.63, 3.8) is 0 Å². The standard InChI is InChI=1S/C16H20N4O2/c1-12-5-4-6-14(7-12)16(22)17-9-15(21)19(2)10-13-8-18-20(3)11-13/h4-8,11H,9-10H2,1-3H3,(H,17,22). The van der Waals surface area contributed by atoms with Crippen molar-refractivity contribution >= 4 is 11.8 Å². The van der Waals surface area contributed by atoms with Crippen LogP contribution in [0.4, 0.5) is 0 Å². The molecule has 0 saturated heterocycles. The van der Waals surface area contributed by atoms with E-state index in [9.17, 15) is 9.59 Å². The zero-order chi connectivity index (χ0) is 16.1. The van der Waals surface area contributed by atoms with Crippen molar-refractivity contribution < 1.29 is 9.59 Å². The first-order valence-corrected chi connectivity index (χ1v) is 7.02. The van der Waals surface area contributed by atoms with Gasteiger partial charge in [0.25, 0.3) is 5.91 Å². The number of rotatable bonds is 5. The molecule has 0 saturated carbocycles. The van der Waals surface area contributed by atoms with Crippen LogP contribution in [0, 0.1) is 6.92 Å². The summed E-state index contributed by atoms with van der Waals surface area (Å²) in [6.07, 6.45) is 3.57. The van der Waals surface area contributed by atoms with E-state index in [0.29, 0.717) is 12.1 Å². The number of likely N-dealkylation sites (N-methyl/N-ethyl adjacent to an activating group) is 1. The van der Waals surface area contributed by atoms with Gasteiger partial charge in [-0.15, -0.1) is 0 Å². The maximum absolute atomic E-state index is 12.0. The number of aryl methyl sites for hydroxylation is 2. The predicted molar refractivity (Wildman–Crippen MR) is 83.2 cm³/mol. The average molecular weight is 300 g/mol. The monoisotopic (exact) mass is 300 g/mol. The second-order valence-corrected chi connectivity index (χ2v) is 5.32. The van der Waals surface area contributed by atoms with Gasteiger partial charge in [-0.3, -0.25) is 14.3 Å². The quantitative estimate of drug-likeness (QED) is 0.899. The van der Waals surface area contributed by atoms with E-state index in [1.165, 1.54) is 0 Å². The van der Waals surface area contributed by atoms with Crippen LogP contribution in [0.2, 0.25) is 0 Å². The molecule has 1 aromatic carbocycles. The van der Waals surface area contributed by atoms with E-state index in [-0.39, 0.29) is 18.4 Å². The fourth-order valence-electron chi connectivity index (χ4n) is 2.09. The van der Waals surface area contributed by atoms with Crippen LogP contribution in [-0.4, -0.2) is 40.1 Å². The minimum Gasteiger partial charge on any atom is -0.343 e. The van der Waals surface area contributed by atoms with E-state index in [2.05, 4.69) is 10.4 Å². The molecule has 0 atom stereocenters. The fraction of sp³-hybridized carbons (Fsp3) is 0.312. The molecule has 1 aromatic heterocycles. The van der Waals surface area contributed by atoms with Crippen LogP contribution in [0.3, 0.4) is 0 Å². The number of benzene rings is 1. The molecule has 1 heterocycles. The molecule has 0 spiro atoms. The molecule has 2 aromatic rings. The summed E-state index contributed by atoms with van der Waals surface area (Å²) < 4.78 is 1.69. The average Bonchev–Trinajstić information content (AvgIpc) is 2.89. The second-order valence-electron chi connectivity index (χ2n) is 5.32. The van der Waals surface area contributed by atoms with E-state index in [1.54, 1.807) is 35.0 Å². The first-order chi connectivity index (χ1) is 10.5. The Bertz CT molecular complexity index is 678. The van der Waals surface area contributed by atoms with Crippen LogP contribution >= 0.6 is 0 Å². The molecule has 0 unspecified atom stereocenters. The Morgan fingerprint density at radius 2 is 2.14 bits per heavy atom. The van der Waals surface area contributed by atoms with Crippen LogP contribution < -0.4 is 5.32 Å². The van der Waals surface area contributed by atoms with Crippen molar-refractivity contribution in [1.29, 1.82) is 0 Å². The lowest BCUT2D eigenvalue weighted by atomic mass is 10.1. The molecule has 6 nitrogen and oxygen atoms in total. The van der Waals surface area contributed by atoms with Crippen molar-refractivity contribution in [1.82, 2.24) is 20.0 Å². The first-order valence-electron chi connectivity index (χ1n) is 7.02. The molecule has 0 fully saturated rings. The highest BCUT2D eigenvalue weighted by Crippen LogP contribution is 2.04. The maximum atomic E-state index is 12.0. The van der Waals surface area contributed by atoms with E-state index in [4.69, 9.17) is 0 Å². The van der Waals surface area contributed by atoms with Gasteiger partial charge in [0.05, 0.1) is 12.7 Å². The van der Waals surface area contributed by atoms with Gasteiger partial charge in [-0.1, -0.05) is 17.7 Å². The molecule has 22 heavy (non-hydrogen) atoms. The Kier molecular flexibility index (Phi) is 4.93. The van der Waals surface area contributed by atoms with Gasteiger partial charge in [0.2, 0.25) is 5.91 Å².